The number of aryl methyl sites for hydroxylation is 2. The summed E-state index contributed by atoms with van der Waals surface area (Å²) in [6, 6.07) is 21.6. The Balaban J connectivity index is 1.18. The van der Waals surface area contributed by atoms with Crippen LogP contribution in [0.1, 0.15) is 68.9 Å². The summed E-state index contributed by atoms with van der Waals surface area (Å²) in [6.45, 7) is 9.11. The summed E-state index contributed by atoms with van der Waals surface area (Å²) < 4.78 is 0. The van der Waals surface area contributed by atoms with Gasteiger partial charge in [0.15, 0.2) is 0 Å². The summed E-state index contributed by atoms with van der Waals surface area (Å²) in [5.41, 5.74) is 2.89. The molecule has 0 spiro atoms. The average Bonchev–Trinajstić information content (AvgIpc) is 2.90. The van der Waals surface area contributed by atoms with E-state index in [1.807, 2.05) is 0 Å². The lowest BCUT2D eigenvalue weighted by Crippen LogP contribution is -2.23. The normalized spacial score (nSPS) is 11.2. The number of rotatable bonds is 24. The Morgan fingerprint density at radius 1 is 0.314 bits per heavy atom. The van der Waals surface area contributed by atoms with Crippen LogP contribution in [-0.4, -0.2) is 52.4 Å². The molecule has 0 heterocycles. The van der Waals surface area contributed by atoms with E-state index < -0.39 is 0 Å². The van der Waals surface area contributed by atoms with Crippen LogP contribution in [-0.2, 0) is 12.8 Å². The molecule has 0 aliphatic carbocycles. The van der Waals surface area contributed by atoms with Gasteiger partial charge >= 0.3 is 0 Å². The highest BCUT2D eigenvalue weighted by Gasteiger charge is 1.95. The van der Waals surface area contributed by atoms with Crippen molar-refractivity contribution in [3.8, 4) is 0 Å². The summed E-state index contributed by atoms with van der Waals surface area (Å²) in [4.78, 5) is 0. The predicted molar refractivity (Wildman–Crippen MR) is 153 cm³/mol. The zero-order valence-electron chi connectivity index (χ0n) is 22.2. The standard InChI is InChI=1S/C31H52N4/c1(2-10-22-32-26-14-28-34-24-12-20-30-16-6-4-7-17-30)3-11-23-33-27-15-29-35-25-13-21-31-18-8-5-9-19-31/h4-9,16-19,32-35H,1-3,10-15,20-29H2. The van der Waals surface area contributed by atoms with Gasteiger partial charge < -0.3 is 21.3 Å². The minimum Gasteiger partial charge on any atom is -0.317 e. The molecule has 0 saturated heterocycles. The van der Waals surface area contributed by atoms with Gasteiger partial charge in [0, 0.05) is 0 Å². The Morgan fingerprint density at radius 3 is 1.03 bits per heavy atom. The van der Waals surface area contributed by atoms with E-state index in [1.54, 1.807) is 0 Å². The first-order valence-electron chi connectivity index (χ1n) is 14.4. The second-order valence-corrected chi connectivity index (χ2v) is 9.65. The van der Waals surface area contributed by atoms with Crippen LogP contribution in [0.4, 0.5) is 0 Å². The van der Waals surface area contributed by atoms with Gasteiger partial charge in [0.1, 0.15) is 0 Å². The van der Waals surface area contributed by atoms with Crippen LogP contribution >= 0.6 is 0 Å². The molecule has 2 rings (SSSR count). The van der Waals surface area contributed by atoms with Gasteiger partial charge in [0.05, 0.1) is 0 Å². The lowest BCUT2D eigenvalue weighted by molar-refractivity contribution is 0.535. The van der Waals surface area contributed by atoms with Crippen molar-refractivity contribution in [3.63, 3.8) is 0 Å². The number of unbranched alkanes of at least 4 members (excludes halogenated alkanes) is 4. The van der Waals surface area contributed by atoms with Crippen molar-refractivity contribution in [2.24, 2.45) is 0 Å². The lowest BCUT2D eigenvalue weighted by Gasteiger charge is -2.08. The fraction of sp³-hybridized carbons (Fsp3) is 0.613. The zero-order valence-corrected chi connectivity index (χ0v) is 22.2. The molecule has 0 radical (unpaired) electrons. The van der Waals surface area contributed by atoms with Crippen molar-refractivity contribution in [1.82, 2.24) is 21.3 Å². The molecule has 4 heteroatoms. The predicted octanol–water partition coefficient (Wildman–Crippen LogP) is 5.34. The topological polar surface area (TPSA) is 48.1 Å². The van der Waals surface area contributed by atoms with Gasteiger partial charge in [-0.3, -0.25) is 0 Å². The first-order chi connectivity index (χ1) is 17.4. The van der Waals surface area contributed by atoms with Crippen molar-refractivity contribution in [3.05, 3.63) is 71.8 Å². The molecule has 0 aliphatic rings. The molecule has 0 fully saturated rings. The smallest absolute Gasteiger partial charge is 0.00368 e. The fourth-order valence-corrected chi connectivity index (χ4v) is 4.33. The summed E-state index contributed by atoms with van der Waals surface area (Å²) in [5, 5.41) is 14.3. The van der Waals surface area contributed by atoms with Gasteiger partial charge in [0.25, 0.3) is 0 Å². The highest BCUT2D eigenvalue weighted by molar-refractivity contribution is 5.15. The van der Waals surface area contributed by atoms with Crippen molar-refractivity contribution in [2.45, 2.75) is 70.6 Å². The molecule has 0 saturated carbocycles. The van der Waals surface area contributed by atoms with Crippen LogP contribution in [0.2, 0.25) is 0 Å². The number of benzene rings is 2. The molecule has 196 valence electrons. The average molecular weight is 481 g/mol. The number of hydrogen-bond acceptors (Lipinski definition) is 4. The maximum atomic E-state index is 3.60. The molecule has 35 heavy (non-hydrogen) atoms. The van der Waals surface area contributed by atoms with E-state index in [4.69, 9.17) is 0 Å². The molecule has 0 atom stereocenters. The molecule has 0 unspecified atom stereocenters. The van der Waals surface area contributed by atoms with E-state index >= 15 is 0 Å². The third-order valence-electron chi connectivity index (χ3n) is 6.44. The molecule has 0 amide bonds. The van der Waals surface area contributed by atoms with Gasteiger partial charge in [-0.1, -0.05) is 79.9 Å². The molecule has 4 nitrogen and oxygen atoms in total. The Morgan fingerprint density at radius 2 is 0.629 bits per heavy atom. The van der Waals surface area contributed by atoms with E-state index in [-0.39, 0.29) is 0 Å². The number of hydrogen-bond donors (Lipinski definition) is 4. The molecule has 2 aromatic rings. The highest BCUT2D eigenvalue weighted by Crippen LogP contribution is 2.03. The lowest BCUT2D eigenvalue weighted by atomic mass is 10.1. The Bertz CT molecular complexity index is 617. The van der Waals surface area contributed by atoms with Crippen LogP contribution in [0.5, 0.6) is 0 Å². The van der Waals surface area contributed by atoms with Crippen molar-refractivity contribution < 1.29 is 0 Å². The summed E-state index contributed by atoms with van der Waals surface area (Å²) in [6.07, 6.45) is 14.0. The molecule has 2 aromatic carbocycles. The molecular formula is C31H52N4. The molecule has 0 aromatic heterocycles. The van der Waals surface area contributed by atoms with Crippen LogP contribution in [0.15, 0.2) is 60.7 Å². The molecule has 0 bridgehead atoms. The third kappa shape index (κ3) is 18.2. The largest absolute Gasteiger partial charge is 0.317 e. The summed E-state index contributed by atoms with van der Waals surface area (Å²) in [7, 11) is 0. The second-order valence-electron chi connectivity index (χ2n) is 9.65. The second kappa shape index (κ2) is 22.7. The maximum Gasteiger partial charge on any atom is -0.00368 e. The third-order valence-corrected chi connectivity index (χ3v) is 6.44. The quantitative estimate of drug-likeness (QED) is 0.153. The highest BCUT2D eigenvalue weighted by atomic mass is 14.9. The summed E-state index contributed by atoms with van der Waals surface area (Å²) >= 11 is 0. The van der Waals surface area contributed by atoms with E-state index in [0.717, 1.165) is 39.3 Å². The van der Waals surface area contributed by atoms with Crippen LogP contribution in [0.3, 0.4) is 0 Å². The minimum absolute atomic E-state index is 1.12. The van der Waals surface area contributed by atoms with Gasteiger partial charge in [0.2, 0.25) is 0 Å². The first kappa shape index (κ1) is 29.5. The molecule has 0 aliphatic heterocycles. The number of nitrogens with one attached hydrogen (secondary N) is 4. The zero-order chi connectivity index (χ0) is 24.5. The van der Waals surface area contributed by atoms with Crippen molar-refractivity contribution >= 4 is 0 Å². The summed E-state index contributed by atoms with van der Waals surface area (Å²) in [5.74, 6) is 0. The van der Waals surface area contributed by atoms with Gasteiger partial charge in [-0.2, -0.15) is 0 Å². The van der Waals surface area contributed by atoms with E-state index in [0.29, 0.717) is 0 Å². The van der Waals surface area contributed by atoms with Gasteiger partial charge in [-0.25, -0.2) is 0 Å². The van der Waals surface area contributed by atoms with Crippen molar-refractivity contribution in [2.75, 3.05) is 52.4 Å². The van der Waals surface area contributed by atoms with E-state index in [2.05, 4.69) is 81.9 Å². The van der Waals surface area contributed by atoms with Crippen molar-refractivity contribution in [1.29, 1.82) is 0 Å². The van der Waals surface area contributed by atoms with E-state index in [9.17, 15) is 0 Å². The van der Waals surface area contributed by atoms with E-state index in [1.165, 1.54) is 94.8 Å². The Hall–Kier alpha value is -1.72. The van der Waals surface area contributed by atoms with Crippen LogP contribution < -0.4 is 21.3 Å². The minimum atomic E-state index is 1.12. The fourth-order valence-electron chi connectivity index (χ4n) is 4.33. The van der Waals surface area contributed by atoms with Gasteiger partial charge in [-0.15, -0.1) is 0 Å². The molecular weight excluding hydrogens is 428 g/mol. The maximum absolute atomic E-state index is 3.60. The Kier molecular flexibility index (Phi) is 19.2. The molecule has 4 N–H and O–H groups in total. The van der Waals surface area contributed by atoms with Crippen LogP contribution in [0.25, 0.3) is 0 Å². The monoisotopic (exact) mass is 480 g/mol. The SMILES string of the molecule is c1ccc(CCCNCCCNCCCCCCCNCCCNCCCc2ccccc2)cc1. The van der Waals surface area contributed by atoms with Crippen LogP contribution in [0, 0.1) is 0 Å². The first-order valence-corrected chi connectivity index (χ1v) is 14.4. The van der Waals surface area contributed by atoms with Gasteiger partial charge in [-0.05, 0) is 115 Å². The Labute approximate surface area is 216 Å².